The van der Waals surface area contributed by atoms with Gasteiger partial charge in [-0.2, -0.15) is 4.98 Å². The highest BCUT2D eigenvalue weighted by atomic mass is 16.5. The number of aryl methyl sites for hydroxylation is 1. The van der Waals surface area contributed by atoms with Gasteiger partial charge in [0.25, 0.3) is 0 Å². The largest absolute Gasteiger partial charge is 0.378 e. The number of aromatic nitrogens is 4. The number of anilines is 2. The van der Waals surface area contributed by atoms with E-state index in [0.29, 0.717) is 37.0 Å². The van der Waals surface area contributed by atoms with Crippen LogP contribution >= 0.6 is 0 Å². The van der Waals surface area contributed by atoms with Crippen LogP contribution in [0.25, 0.3) is 11.4 Å². The number of pyridine rings is 2. The molecular formula is C19H20N6O3. The third kappa shape index (κ3) is 4.49. The summed E-state index contributed by atoms with van der Waals surface area (Å²) < 4.78 is 10.6. The van der Waals surface area contributed by atoms with Crippen molar-refractivity contribution in [3.63, 3.8) is 0 Å². The molecule has 0 aliphatic carbocycles. The Kier molecular flexibility index (Phi) is 5.53. The fraction of sp³-hybridized carbons (Fsp3) is 0.316. The molecule has 0 unspecified atom stereocenters. The lowest BCUT2D eigenvalue weighted by atomic mass is 10.2. The lowest BCUT2D eigenvalue weighted by Gasteiger charge is -2.27. The first kappa shape index (κ1) is 18.1. The molecule has 4 heterocycles. The number of carbonyl (C=O) groups is 1. The maximum atomic E-state index is 12.2. The molecule has 1 aliphatic rings. The minimum absolute atomic E-state index is 0.135. The van der Waals surface area contributed by atoms with Gasteiger partial charge in [-0.3, -0.25) is 9.78 Å². The highest BCUT2D eigenvalue weighted by Crippen LogP contribution is 2.17. The quantitative estimate of drug-likeness (QED) is 0.691. The van der Waals surface area contributed by atoms with Gasteiger partial charge < -0.3 is 19.5 Å². The van der Waals surface area contributed by atoms with Crippen molar-refractivity contribution in [3.8, 4) is 11.4 Å². The molecule has 1 N–H and O–H groups in total. The lowest BCUT2D eigenvalue weighted by molar-refractivity contribution is -0.116. The van der Waals surface area contributed by atoms with Gasteiger partial charge >= 0.3 is 0 Å². The Hall–Kier alpha value is -3.33. The number of ether oxygens (including phenoxy) is 1. The maximum Gasteiger partial charge on any atom is 0.227 e. The number of nitrogens with one attached hydrogen (secondary N) is 1. The van der Waals surface area contributed by atoms with Crippen molar-refractivity contribution in [2.45, 2.75) is 12.8 Å². The van der Waals surface area contributed by atoms with Crippen molar-refractivity contribution in [3.05, 3.63) is 48.7 Å². The van der Waals surface area contributed by atoms with Crippen molar-refractivity contribution in [2.75, 3.05) is 36.5 Å². The molecule has 0 bridgehead atoms. The summed E-state index contributed by atoms with van der Waals surface area (Å²) in [5.41, 5.74) is 1.48. The minimum Gasteiger partial charge on any atom is -0.378 e. The summed E-state index contributed by atoms with van der Waals surface area (Å²) in [5, 5.41) is 6.77. The standard InChI is InChI=1S/C19H20N6O3/c26-17(3-4-18-23-19(24-28-18)14-5-7-20-8-6-14)22-15-1-2-16(21-13-15)25-9-11-27-12-10-25/h1-2,5-8,13H,3-4,9-12H2,(H,22,26). The van der Waals surface area contributed by atoms with Crippen LogP contribution in [0.2, 0.25) is 0 Å². The van der Waals surface area contributed by atoms with E-state index in [9.17, 15) is 4.79 Å². The Morgan fingerprint density at radius 3 is 2.71 bits per heavy atom. The predicted octanol–water partition coefficient (Wildman–Crippen LogP) is 1.93. The van der Waals surface area contributed by atoms with Crippen LogP contribution in [0.3, 0.4) is 0 Å². The van der Waals surface area contributed by atoms with Crippen molar-refractivity contribution in [2.24, 2.45) is 0 Å². The molecule has 0 saturated carbocycles. The second kappa shape index (κ2) is 8.57. The summed E-state index contributed by atoms with van der Waals surface area (Å²) in [6.45, 7) is 3.06. The topological polar surface area (TPSA) is 106 Å². The summed E-state index contributed by atoms with van der Waals surface area (Å²) in [7, 11) is 0. The van der Waals surface area contributed by atoms with Gasteiger partial charge in [-0.1, -0.05) is 5.16 Å². The first-order valence-electron chi connectivity index (χ1n) is 9.09. The molecule has 4 rings (SSSR count). The minimum atomic E-state index is -0.135. The number of amides is 1. The fourth-order valence-electron chi connectivity index (χ4n) is 2.86. The molecule has 9 heteroatoms. The molecule has 0 aromatic carbocycles. The summed E-state index contributed by atoms with van der Waals surface area (Å²) in [6, 6.07) is 7.35. The van der Waals surface area contributed by atoms with E-state index in [0.717, 1.165) is 24.5 Å². The molecule has 3 aromatic heterocycles. The first-order valence-corrected chi connectivity index (χ1v) is 9.09. The third-order valence-corrected chi connectivity index (χ3v) is 4.34. The molecular weight excluding hydrogens is 360 g/mol. The average molecular weight is 380 g/mol. The molecule has 3 aromatic rings. The van der Waals surface area contributed by atoms with Gasteiger partial charge in [0, 0.05) is 43.9 Å². The number of hydrogen-bond acceptors (Lipinski definition) is 8. The first-order chi connectivity index (χ1) is 13.8. The molecule has 0 atom stereocenters. The number of nitrogens with zero attached hydrogens (tertiary/aromatic N) is 5. The van der Waals surface area contributed by atoms with Crippen molar-refractivity contribution in [1.82, 2.24) is 20.1 Å². The smallest absolute Gasteiger partial charge is 0.227 e. The van der Waals surface area contributed by atoms with Gasteiger partial charge in [0.05, 0.1) is 25.1 Å². The zero-order chi connectivity index (χ0) is 19.2. The summed E-state index contributed by atoms with van der Waals surface area (Å²) in [4.78, 5) is 27.0. The van der Waals surface area contributed by atoms with E-state index in [4.69, 9.17) is 9.26 Å². The van der Waals surface area contributed by atoms with Gasteiger partial charge in [0.15, 0.2) is 0 Å². The van der Waals surface area contributed by atoms with Crippen LogP contribution in [0.4, 0.5) is 11.5 Å². The van der Waals surface area contributed by atoms with Crippen molar-refractivity contribution in [1.29, 1.82) is 0 Å². The van der Waals surface area contributed by atoms with Gasteiger partial charge in [-0.05, 0) is 24.3 Å². The Labute approximate surface area is 161 Å². The Morgan fingerprint density at radius 1 is 1.14 bits per heavy atom. The number of hydrogen-bond donors (Lipinski definition) is 1. The van der Waals surface area contributed by atoms with E-state index in [1.54, 1.807) is 30.7 Å². The monoisotopic (exact) mass is 380 g/mol. The SMILES string of the molecule is O=C(CCc1nc(-c2ccncc2)no1)Nc1ccc(N2CCOCC2)nc1. The fourth-order valence-corrected chi connectivity index (χ4v) is 2.86. The molecule has 28 heavy (non-hydrogen) atoms. The molecule has 1 saturated heterocycles. The Balaban J connectivity index is 1.28. The molecule has 1 amide bonds. The maximum absolute atomic E-state index is 12.2. The zero-order valence-corrected chi connectivity index (χ0v) is 15.2. The van der Waals surface area contributed by atoms with E-state index in [1.807, 2.05) is 12.1 Å². The third-order valence-electron chi connectivity index (χ3n) is 4.34. The van der Waals surface area contributed by atoms with Crippen LogP contribution < -0.4 is 10.2 Å². The van der Waals surface area contributed by atoms with Crippen LogP contribution in [0, 0.1) is 0 Å². The highest BCUT2D eigenvalue weighted by molar-refractivity contribution is 5.90. The Bertz CT molecular complexity index is 907. The number of carbonyl (C=O) groups excluding carboxylic acids is 1. The van der Waals surface area contributed by atoms with Crippen molar-refractivity contribution < 1.29 is 14.1 Å². The zero-order valence-electron chi connectivity index (χ0n) is 15.2. The normalized spacial score (nSPS) is 14.1. The van der Waals surface area contributed by atoms with E-state index in [-0.39, 0.29) is 12.3 Å². The van der Waals surface area contributed by atoms with E-state index >= 15 is 0 Å². The lowest BCUT2D eigenvalue weighted by Crippen LogP contribution is -2.36. The predicted molar refractivity (Wildman–Crippen MR) is 102 cm³/mol. The highest BCUT2D eigenvalue weighted by Gasteiger charge is 2.13. The van der Waals surface area contributed by atoms with Crippen molar-refractivity contribution >= 4 is 17.4 Å². The van der Waals surface area contributed by atoms with Gasteiger partial charge in [0.2, 0.25) is 17.6 Å². The second-order valence-corrected chi connectivity index (χ2v) is 6.30. The van der Waals surface area contributed by atoms with Crippen LogP contribution in [-0.2, 0) is 16.0 Å². The molecule has 1 fully saturated rings. The van der Waals surface area contributed by atoms with Crippen LogP contribution in [-0.4, -0.2) is 52.3 Å². The number of rotatable bonds is 6. The van der Waals surface area contributed by atoms with Gasteiger partial charge in [0.1, 0.15) is 5.82 Å². The second-order valence-electron chi connectivity index (χ2n) is 6.30. The van der Waals surface area contributed by atoms with Gasteiger partial charge in [-0.15, -0.1) is 0 Å². The number of morpholine rings is 1. The van der Waals surface area contributed by atoms with E-state index < -0.39 is 0 Å². The van der Waals surface area contributed by atoms with E-state index in [1.165, 1.54) is 0 Å². The van der Waals surface area contributed by atoms with Crippen LogP contribution in [0.5, 0.6) is 0 Å². The molecule has 1 aliphatic heterocycles. The van der Waals surface area contributed by atoms with Crippen LogP contribution in [0.15, 0.2) is 47.4 Å². The molecule has 0 radical (unpaired) electrons. The summed E-state index contributed by atoms with van der Waals surface area (Å²) in [5.74, 6) is 1.66. The molecule has 0 spiro atoms. The average Bonchev–Trinajstić information content (AvgIpc) is 3.23. The Morgan fingerprint density at radius 2 is 1.96 bits per heavy atom. The van der Waals surface area contributed by atoms with Crippen LogP contribution in [0.1, 0.15) is 12.3 Å². The molecule has 144 valence electrons. The summed E-state index contributed by atoms with van der Waals surface area (Å²) >= 11 is 0. The van der Waals surface area contributed by atoms with Gasteiger partial charge in [-0.25, -0.2) is 4.98 Å². The van der Waals surface area contributed by atoms with E-state index in [2.05, 4.69) is 30.3 Å². The molecule has 9 nitrogen and oxygen atoms in total. The summed E-state index contributed by atoms with van der Waals surface area (Å²) in [6.07, 6.45) is 5.59.